The minimum absolute atomic E-state index is 0.128. The summed E-state index contributed by atoms with van der Waals surface area (Å²) in [6.07, 6.45) is 2.12. The molecule has 1 unspecified atom stereocenters. The molecular formula is C26H28FN5O6. The molecule has 0 bridgehead atoms. The van der Waals surface area contributed by atoms with Crippen molar-refractivity contribution in [2.75, 3.05) is 10.6 Å². The van der Waals surface area contributed by atoms with E-state index >= 15 is 0 Å². The Kier molecular flexibility index (Phi) is 7.99. The van der Waals surface area contributed by atoms with Crippen molar-refractivity contribution in [3.63, 3.8) is 0 Å². The van der Waals surface area contributed by atoms with Gasteiger partial charge in [0.1, 0.15) is 23.2 Å². The molecule has 3 aromatic heterocycles. The summed E-state index contributed by atoms with van der Waals surface area (Å²) in [5.41, 5.74) is 1.95. The van der Waals surface area contributed by atoms with E-state index in [9.17, 15) is 23.9 Å². The van der Waals surface area contributed by atoms with Crippen molar-refractivity contribution in [3.8, 4) is 11.5 Å². The molecule has 1 saturated carbocycles. The topological polar surface area (TPSA) is 157 Å². The highest BCUT2D eigenvalue weighted by Crippen LogP contribution is 2.34. The minimum atomic E-state index is -0.964. The van der Waals surface area contributed by atoms with Gasteiger partial charge in [-0.05, 0) is 57.9 Å². The summed E-state index contributed by atoms with van der Waals surface area (Å²) >= 11 is 0. The molecule has 12 heteroatoms. The normalized spacial score (nSPS) is 17.9. The van der Waals surface area contributed by atoms with Gasteiger partial charge in [0.25, 0.3) is 0 Å². The smallest absolute Gasteiger partial charge is 0.412 e. The van der Waals surface area contributed by atoms with Crippen molar-refractivity contribution in [1.29, 1.82) is 0 Å². The van der Waals surface area contributed by atoms with Crippen LogP contribution in [0.15, 0.2) is 35.0 Å². The molecule has 11 nitrogen and oxygen atoms in total. The van der Waals surface area contributed by atoms with E-state index in [1.54, 1.807) is 26.0 Å². The summed E-state index contributed by atoms with van der Waals surface area (Å²) in [6, 6.07) is 6.22. The molecule has 0 saturated heterocycles. The largest absolute Gasteiger partial charge is 0.481 e. The maximum absolute atomic E-state index is 13.9. The molecule has 1 aliphatic carbocycles. The zero-order valence-corrected chi connectivity index (χ0v) is 21.2. The number of carboxylic acid groups (broad SMARTS) is 1. The summed E-state index contributed by atoms with van der Waals surface area (Å²) in [4.78, 5) is 45.0. The SMILES string of the molecule is Cc1nc(-c2onc(C)c2NC(=O)OC(C)c2cccnc2F)ccc1NC(=O)[C@H]1CCCC[C@@H]1C(=O)O. The lowest BCUT2D eigenvalue weighted by Gasteiger charge is -2.27. The van der Waals surface area contributed by atoms with Crippen LogP contribution in [0.5, 0.6) is 0 Å². The van der Waals surface area contributed by atoms with E-state index < -0.39 is 36.0 Å². The van der Waals surface area contributed by atoms with Crippen molar-refractivity contribution in [2.45, 2.75) is 52.6 Å². The monoisotopic (exact) mass is 525 g/mol. The Morgan fingerprint density at radius 2 is 1.84 bits per heavy atom. The number of anilines is 2. The van der Waals surface area contributed by atoms with Crippen molar-refractivity contribution in [3.05, 3.63) is 53.4 Å². The maximum Gasteiger partial charge on any atom is 0.412 e. The van der Waals surface area contributed by atoms with Crippen LogP contribution in [0.4, 0.5) is 20.6 Å². The molecule has 0 aromatic carbocycles. The lowest BCUT2D eigenvalue weighted by atomic mass is 9.78. The molecule has 2 amide bonds. The number of nitrogens with one attached hydrogen (secondary N) is 2. The fraction of sp³-hybridized carbons (Fsp3) is 0.385. The van der Waals surface area contributed by atoms with Gasteiger partial charge in [-0.1, -0.05) is 18.0 Å². The summed E-state index contributed by atoms with van der Waals surface area (Å²) in [7, 11) is 0. The lowest BCUT2D eigenvalue weighted by Crippen LogP contribution is -2.36. The highest BCUT2D eigenvalue weighted by molar-refractivity contribution is 5.96. The predicted octanol–water partition coefficient (Wildman–Crippen LogP) is 5.03. The number of rotatable bonds is 7. The number of pyridine rings is 2. The first-order valence-electron chi connectivity index (χ1n) is 12.2. The fourth-order valence-electron chi connectivity index (χ4n) is 4.53. The first kappa shape index (κ1) is 26.7. The standard InChI is InChI=1S/C26H28FN5O6/c1-13-19(30-24(33)17-7-4-5-8-18(17)25(34)35)10-11-20(29-13)22-21(14(2)32-38-22)31-26(36)37-15(3)16-9-6-12-28-23(16)27/h6,9-12,15,17-18H,4-5,7-8H2,1-3H3,(H,30,33)(H,31,36)(H,34,35)/t15?,17-,18-/m0/s1. The second-order valence-corrected chi connectivity index (χ2v) is 9.18. The number of aryl methyl sites for hydroxylation is 2. The average Bonchev–Trinajstić information content (AvgIpc) is 3.24. The molecule has 0 spiro atoms. The zero-order chi connectivity index (χ0) is 27.4. The molecule has 1 fully saturated rings. The molecule has 200 valence electrons. The molecule has 3 N–H and O–H groups in total. The second-order valence-electron chi connectivity index (χ2n) is 9.18. The van der Waals surface area contributed by atoms with Gasteiger partial charge in [-0.25, -0.2) is 14.8 Å². The Morgan fingerprint density at radius 3 is 2.53 bits per heavy atom. The van der Waals surface area contributed by atoms with Crippen LogP contribution in [-0.2, 0) is 14.3 Å². The molecule has 1 aliphatic rings. The van der Waals surface area contributed by atoms with Crippen LogP contribution in [-0.4, -0.2) is 38.2 Å². The molecule has 3 atom stereocenters. The first-order chi connectivity index (χ1) is 18.2. The third kappa shape index (κ3) is 5.79. The highest BCUT2D eigenvalue weighted by atomic mass is 19.1. The number of nitrogens with zero attached hydrogens (tertiary/aromatic N) is 3. The average molecular weight is 526 g/mol. The lowest BCUT2D eigenvalue weighted by molar-refractivity contribution is -0.147. The van der Waals surface area contributed by atoms with Gasteiger partial charge in [0.2, 0.25) is 17.6 Å². The van der Waals surface area contributed by atoms with E-state index in [-0.39, 0.29) is 22.9 Å². The van der Waals surface area contributed by atoms with Crippen molar-refractivity contribution in [2.24, 2.45) is 11.8 Å². The fourth-order valence-corrected chi connectivity index (χ4v) is 4.53. The van der Waals surface area contributed by atoms with Crippen LogP contribution in [0.1, 0.15) is 55.7 Å². The van der Waals surface area contributed by atoms with Gasteiger partial charge in [-0.15, -0.1) is 0 Å². The van der Waals surface area contributed by atoms with Crippen LogP contribution in [0.2, 0.25) is 0 Å². The van der Waals surface area contributed by atoms with E-state index in [4.69, 9.17) is 9.26 Å². The van der Waals surface area contributed by atoms with Gasteiger partial charge in [-0.3, -0.25) is 14.9 Å². The zero-order valence-electron chi connectivity index (χ0n) is 21.2. The Balaban J connectivity index is 1.47. The number of carbonyl (C=O) groups is 3. The maximum atomic E-state index is 13.9. The number of aliphatic carboxylic acids is 1. The number of halogens is 1. The van der Waals surface area contributed by atoms with Gasteiger partial charge in [0.15, 0.2) is 0 Å². The van der Waals surface area contributed by atoms with Crippen LogP contribution in [0.25, 0.3) is 11.5 Å². The Hall–Kier alpha value is -4.35. The molecule has 38 heavy (non-hydrogen) atoms. The van der Waals surface area contributed by atoms with Gasteiger partial charge in [-0.2, -0.15) is 4.39 Å². The van der Waals surface area contributed by atoms with E-state index in [1.807, 2.05) is 0 Å². The second kappa shape index (κ2) is 11.4. The number of amides is 2. The van der Waals surface area contributed by atoms with Gasteiger partial charge in [0, 0.05) is 11.8 Å². The number of hydrogen-bond donors (Lipinski definition) is 3. The number of aromatic nitrogens is 3. The summed E-state index contributed by atoms with van der Waals surface area (Å²) in [5.74, 6) is -3.20. The van der Waals surface area contributed by atoms with E-state index in [2.05, 4.69) is 25.8 Å². The summed E-state index contributed by atoms with van der Waals surface area (Å²) < 4.78 is 24.6. The number of hydrogen-bond acceptors (Lipinski definition) is 8. The van der Waals surface area contributed by atoms with Crippen LogP contribution in [0, 0.1) is 31.6 Å². The van der Waals surface area contributed by atoms with Crippen LogP contribution in [0.3, 0.4) is 0 Å². The third-order valence-corrected chi connectivity index (χ3v) is 6.60. The van der Waals surface area contributed by atoms with Gasteiger partial charge < -0.3 is 19.7 Å². The third-order valence-electron chi connectivity index (χ3n) is 6.60. The number of carbonyl (C=O) groups excluding carboxylic acids is 2. The molecule has 4 rings (SSSR count). The van der Waals surface area contributed by atoms with Crippen molar-refractivity contribution < 1.29 is 33.1 Å². The molecule has 0 aliphatic heterocycles. The molecule has 3 aromatic rings. The Labute approximate surface area is 217 Å². The quantitative estimate of drug-likeness (QED) is 0.360. The number of carboxylic acids is 1. The Morgan fingerprint density at radius 1 is 1.11 bits per heavy atom. The first-order valence-corrected chi connectivity index (χ1v) is 12.2. The molecule has 0 radical (unpaired) electrons. The van der Waals surface area contributed by atoms with Crippen molar-refractivity contribution >= 4 is 29.3 Å². The highest BCUT2D eigenvalue weighted by Gasteiger charge is 2.36. The van der Waals surface area contributed by atoms with Gasteiger partial charge in [0.05, 0.1) is 23.2 Å². The van der Waals surface area contributed by atoms with Crippen molar-refractivity contribution in [1.82, 2.24) is 15.1 Å². The van der Waals surface area contributed by atoms with Gasteiger partial charge >= 0.3 is 12.1 Å². The van der Waals surface area contributed by atoms with Crippen LogP contribution >= 0.6 is 0 Å². The molecule has 3 heterocycles. The Bertz CT molecular complexity index is 1360. The van der Waals surface area contributed by atoms with E-state index in [0.717, 1.165) is 12.8 Å². The minimum Gasteiger partial charge on any atom is -0.481 e. The summed E-state index contributed by atoms with van der Waals surface area (Å²) in [5, 5.41) is 18.8. The van der Waals surface area contributed by atoms with E-state index in [0.29, 0.717) is 35.6 Å². The van der Waals surface area contributed by atoms with Crippen LogP contribution < -0.4 is 10.6 Å². The predicted molar refractivity (Wildman–Crippen MR) is 134 cm³/mol. The van der Waals surface area contributed by atoms with E-state index in [1.165, 1.54) is 25.3 Å². The summed E-state index contributed by atoms with van der Waals surface area (Å²) in [6.45, 7) is 4.83. The number of ether oxygens (including phenoxy) is 1. The molecular weight excluding hydrogens is 497 g/mol.